The third-order valence-corrected chi connectivity index (χ3v) is 10.3. The van der Waals surface area contributed by atoms with Crippen LogP contribution in [-0.4, -0.2) is 128 Å². The molecule has 0 saturated carbocycles. The second-order valence-corrected chi connectivity index (χ2v) is 15.2. The smallest absolute Gasteiger partial charge is 0.326 e. The number of rotatable bonds is 24. The summed E-state index contributed by atoms with van der Waals surface area (Å²) in [6, 6.07) is 3.53. The summed E-state index contributed by atoms with van der Waals surface area (Å²) in [6.45, 7) is 3.26. The van der Waals surface area contributed by atoms with Crippen LogP contribution in [0.15, 0.2) is 54.6 Å². The molecule has 1 heterocycles. The Morgan fingerprint density at radius 3 is 1.76 bits per heavy atom. The Kier molecular flexibility index (Phi) is 19.0. The van der Waals surface area contributed by atoms with E-state index in [2.05, 4.69) is 26.6 Å². The van der Waals surface area contributed by atoms with E-state index in [1.54, 1.807) is 44.2 Å². The number of amides is 8. The Morgan fingerprint density at radius 1 is 0.683 bits per heavy atom. The summed E-state index contributed by atoms with van der Waals surface area (Å²) in [4.78, 5) is 131. The molecule has 0 radical (unpaired) electrons. The molecule has 14 N–H and O–H groups in total. The maximum Gasteiger partial charge on any atom is 0.326 e. The standard InChI is InChI=1S/C41H55N9O13/c1-3-21(2)34(41(62)63)49-38(59)26(17-22-8-5-4-6-9-22)46-36(57)27(18-31(43)52)47-39(60)30-10-7-15-50(30)40(61)29(19-32(44)53)48-37(58)28(20-33(54)55)45-35(56)25(42)16-23-11-13-24(51)14-12-23/h4-6,8-9,11-14,21,25-30,34,51H,3,7,10,15-20,42H2,1-2H3,(H2,43,52)(H2,44,53)(H,45,56)(H,46,57)(H,47,60)(H,48,58)(H,49,59)(H,54,55)(H,62,63)/t21-,25-,26-,27-,28-,29-,30-,34-/m0/s1. The molecule has 3 rings (SSSR count). The van der Waals surface area contributed by atoms with Gasteiger partial charge in [-0.2, -0.15) is 0 Å². The third-order valence-electron chi connectivity index (χ3n) is 10.3. The fourth-order valence-corrected chi connectivity index (χ4v) is 6.76. The van der Waals surface area contributed by atoms with E-state index in [1.165, 1.54) is 24.3 Å². The molecule has 2 aromatic carbocycles. The number of aliphatic carboxylic acids is 2. The SMILES string of the molecule is CC[C@H](C)[C@H](NC(=O)[C@H](Cc1ccccc1)NC(=O)[C@H](CC(N)=O)NC(=O)[C@@H]1CCCN1C(=O)[C@H](CC(N)=O)NC(=O)[C@H](CC(=O)O)NC(=O)[C@@H](N)Cc1ccc(O)cc1)C(=O)O. The molecule has 2 aromatic rings. The number of nitrogens with zero attached hydrogens (tertiary/aromatic N) is 1. The lowest BCUT2D eigenvalue weighted by Gasteiger charge is -2.30. The van der Waals surface area contributed by atoms with Crippen LogP contribution in [0.1, 0.15) is 63.5 Å². The van der Waals surface area contributed by atoms with Crippen molar-refractivity contribution in [2.24, 2.45) is 23.1 Å². The molecule has 1 aliphatic rings. The van der Waals surface area contributed by atoms with Gasteiger partial charge in [-0.1, -0.05) is 62.7 Å². The molecule has 0 bridgehead atoms. The molecule has 8 amide bonds. The molecule has 8 atom stereocenters. The number of aromatic hydroxyl groups is 1. The van der Waals surface area contributed by atoms with Crippen molar-refractivity contribution in [1.29, 1.82) is 0 Å². The first-order chi connectivity index (χ1) is 29.7. The van der Waals surface area contributed by atoms with Gasteiger partial charge in [0.15, 0.2) is 0 Å². The zero-order chi connectivity index (χ0) is 47.0. The van der Waals surface area contributed by atoms with Gasteiger partial charge in [0.1, 0.15) is 42.0 Å². The van der Waals surface area contributed by atoms with Crippen LogP contribution < -0.4 is 43.8 Å². The van der Waals surface area contributed by atoms with E-state index >= 15 is 0 Å². The quantitative estimate of drug-likeness (QED) is 0.0511. The lowest BCUT2D eigenvalue weighted by Crippen LogP contribution is -2.60. The number of nitrogens with one attached hydrogen (secondary N) is 5. The van der Waals surface area contributed by atoms with Gasteiger partial charge in [-0.25, -0.2) is 4.79 Å². The van der Waals surface area contributed by atoms with Crippen LogP contribution in [0.25, 0.3) is 0 Å². The van der Waals surface area contributed by atoms with E-state index in [9.17, 15) is 63.3 Å². The molecule has 63 heavy (non-hydrogen) atoms. The van der Waals surface area contributed by atoms with Gasteiger partial charge in [-0.3, -0.25) is 43.2 Å². The number of carbonyl (C=O) groups excluding carboxylic acids is 8. The highest BCUT2D eigenvalue weighted by Crippen LogP contribution is 2.20. The summed E-state index contributed by atoms with van der Waals surface area (Å²) >= 11 is 0. The van der Waals surface area contributed by atoms with Crippen molar-refractivity contribution in [3.8, 4) is 5.75 Å². The summed E-state index contributed by atoms with van der Waals surface area (Å²) in [5.74, 6) is -11.5. The average molecular weight is 882 g/mol. The maximum atomic E-state index is 14.0. The molecule has 1 fully saturated rings. The van der Waals surface area contributed by atoms with Gasteiger partial charge in [-0.05, 0) is 48.4 Å². The number of phenolic OH excluding ortho intramolecular Hbond substituents is 1. The number of likely N-dealkylation sites (tertiary alicyclic amines) is 1. The van der Waals surface area contributed by atoms with Gasteiger partial charge < -0.3 is 64.0 Å². The van der Waals surface area contributed by atoms with E-state index in [4.69, 9.17) is 17.2 Å². The van der Waals surface area contributed by atoms with Crippen molar-refractivity contribution in [3.05, 3.63) is 65.7 Å². The van der Waals surface area contributed by atoms with Crippen LogP contribution in [0.3, 0.4) is 0 Å². The van der Waals surface area contributed by atoms with E-state index in [0.29, 0.717) is 17.5 Å². The molecule has 22 heteroatoms. The number of primary amides is 2. The molecule has 342 valence electrons. The molecule has 0 spiro atoms. The second-order valence-electron chi connectivity index (χ2n) is 15.2. The highest BCUT2D eigenvalue weighted by molar-refractivity contribution is 6.00. The van der Waals surface area contributed by atoms with Crippen molar-refractivity contribution < 1.29 is 63.3 Å². The maximum absolute atomic E-state index is 14.0. The van der Waals surface area contributed by atoms with Crippen LogP contribution in [0.2, 0.25) is 0 Å². The molecule has 1 aliphatic heterocycles. The van der Waals surface area contributed by atoms with Crippen molar-refractivity contribution in [1.82, 2.24) is 31.5 Å². The number of carboxylic acid groups (broad SMARTS) is 2. The molecule has 22 nitrogen and oxygen atoms in total. The highest BCUT2D eigenvalue weighted by atomic mass is 16.4. The van der Waals surface area contributed by atoms with Gasteiger partial charge >= 0.3 is 11.9 Å². The number of phenols is 1. The fraction of sp³-hybridized carbons (Fsp3) is 0.463. The first-order valence-electron chi connectivity index (χ1n) is 20.1. The molecule has 0 aromatic heterocycles. The van der Waals surface area contributed by atoms with Gasteiger partial charge in [0, 0.05) is 13.0 Å². The number of carboxylic acids is 2. The second kappa shape index (κ2) is 23.8. The van der Waals surface area contributed by atoms with Gasteiger partial charge in [0.2, 0.25) is 47.3 Å². The average Bonchev–Trinajstić information content (AvgIpc) is 3.72. The first kappa shape index (κ1) is 50.3. The minimum Gasteiger partial charge on any atom is -0.508 e. The monoisotopic (exact) mass is 881 g/mol. The minimum atomic E-state index is -1.80. The van der Waals surface area contributed by atoms with E-state index in [1.807, 2.05) is 0 Å². The van der Waals surface area contributed by atoms with E-state index < -0.39 is 127 Å². The molecule has 1 saturated heterocycles. The molecular formula is C41H55N9O13. The van der Waals surface area contributed by atoms with Gasteiger partial charge in [0.25, 0.3) is 0 Å². The Morgan fingerprint density at radius 2 is 1.21 bits per heavy atom. The summed E-state index contributed by atoms with van der Waals surface area (Å²) in [5.41, 5.74) is 17.9. The van der Waals surface area contributed by atoms with Crippen molar-refractivity contribution >= 4 is 59.2 Å². The molecule has 0 aliphatic carbocycles. The van der Waals surface area contributed by atoms with Crippen LogP contribution >= 0.6 is 0 Å². The molecular weight excluding hydrogens is 827 g/mol. The third kappa shape index (κ3) is 15.7. The number of hydrogen-bond acceptors (Lipinski definition) is 12. The predicted molar refractivity (Wildman–Crippen MR) is 221 cm³/mol. The van der Waals surface area contributed by atoms with E-state index in [-0.39, 0.29) is 38.0 Å². The Balaban J connectivity index is 1.81. The molecule has 0 unspecified atom stereocenters. The topological polar surface area (TPSA) is 373 Å². The number of nitrogens with two attached hydrogens (primary N) is 3. The summed E-state index contributed by atoms with van der Waals surface area (Å²) in [5, 5.41) is 40.6. The normalized spacial score (nSPS) is 16.7. The first-order valence-corrected chi connectivity index (χ1v) is 20.1. The van der Waals surface area contributed by atoms with Gasteiger partial charge in [-0.15, -0.1) is 0 Å². The van der Waals surface area contributed by atoms with Crippen LogP contribution in [-0.2, 0) is 60.8 Å². The lowest BCUT2D eigenvalue weighted by molar-refractivity contribution is -0.144. The number of carbonyl (C=O) groups is 10. The highest BCUT2D eigenvalue weighted by Gasteiger charge is 2.41. The lowest BCUT2D eigenvalue weighted by atomic mass is 9.98. The largest absolute Gasteiger partial charge is 0.508 e. The summed E-state index contributed by atoms with van der Waals surface area (Å²) < 4.78 is 0. The fourth-order valence-electron chi connectivity index (χ4n) is 6.76. The summed E-state index contributed by atoms with van der Waals surface area (Å²) in [7, 11) is 0. The Bertz CT molecular complexity index is 2000. The van der Waals surface area contributed by atoms with Crippen molar-refractivity contribution in [2.45, 2.75) is 108 Å². The van der Waals surface area contributed by atoms with Crippen LogP contribution in [0.4, 0.5) is 0 Å². The zero-order valence-corrected chi connectivity index (χ0v) is 34.8. The van der Waals surface area contributed by atoms with Crippen LogP contribution in [0, 0.1) is 5.92 Å². The minimum absolute atomic E-state index is 0.00155. The zero-order valence-electron chi connectivity index (χ0n) is 34.8. The van der Waals surface area contributed by atoms with Crippen LogP contribution in [0.5, 0.6) is 5.75 Å². The Labute approximate surface area is 362 Å². The van der Waals surface area contributed by atoms with E-state index in [0.717, 1.165) is 4.90 Å². The Hall–Kier alpha value is -7.10. The van der Waals surface area contributed by atoms with Crippen molar-refractivity contribution in [2.75, 3.05) is 6.54 Å². The number of hydrogen-bond donors (Lipinski definition) is 11. The predicted octanol–water partition coefficient (Wildman–Crippen LogP) is -2.72. The van der Waals surface area contributed by atoms with Gasteiger partial charge in [0.05, 0.1) is 25.3 Å². The summed E-state index contributed by atoms with van der Waals surface area (Å²) in [6.07, 6.45) is -2.12. The van der Waals surface area contributed by atoms with Crippen molar-refractivity contribution in [3.63, 3.8) is 0 Å². The number of benzene rings is 2.